The van der Waals surface area contributed by atoms with Crippen LogP contribution >= 0.6 is 11.6 Å². The number of methoxy groups -OCH3 is 2. The van der Waals surface area contributed by atoms with Gasteiger partial charge < -0.3 is 9.47 Å². The van der Waals surface area contributed by atoms with Crippen molar-refractivity contribution in [1.29, 1.82) is 5.26 Å². The molecule has 1 aromatic heterocycles. The molecule has 1 aromatic carbocycles. The molecule has 0 spiro atoms. The highest BCUT2D eigenvalue weighted by Gasteiger charge is 2.22. The van der Waals surface area contributed by atoms with E-state index < -0.39 is 11.9 Å². The maximum absolute atomic E-state index is 11.7. The highest BCUT2D eigenvalue weighted by atomic mass is 35.5. The minimum absolute atomic E-state index is 0.232. The number of hydrogen-bond acceptors (Lipinski definition) is 6. The molecule has 7 heteroatoms. The molecule has 0 saturated carbocycles. The van der Waals surface area contributed by atoms with Crippen LogP contribution in [0, 0.1) is 11.3 Å². The smallest absolute Gasteiger partial charge is 0.337 e. The van der Waals surface area contributed by atoms with Gasteiger partial charge in [-0.2, -0.15) is 10.4 Å². The minimum atomic E-state index is -0.746. The van der Waals surface area contributed by atoms with Gasteiger partial charge in [-0.15, -0.1) is 5.10 Å². The van der Waals surface area contributed by atoms with Crippen LogP contribution in [0.5, 0.6) is 5.75 Å². The fraction of sp³-hybridized carbons (Fsp3) is 0.200. The van der Waals surface area contributed by atoms with Crippen molar-refractivity contribution in [1.82, 2.24) is 10.2 Å². The second-order valence-corrected chi connectivity index (χ2v) is 4.68. The number of hydrogen-bond donors (Lipinski definition) is 0. The van der Waals surface area contributed by atoms with Gasteiger partial charge in [0.2, 0.25) is 0 Å². The first-order valence-electron chi connectivity index (χ1n) is 6.25. The normalized spacial score (nSPS) is 11.4. The molecule has 1 unspecified atom stereocenters. The first-order valence-corrected chi connectivity index (χ1v) is 6.63. The van der Waals surface area contributed by atoms with E-state index >= 15 is 0 Å². The molecule has 0 aliphatic heterocycles. The molecule has 0 radical (unpaired) electrons. The predicted octanol–water partition coefficient (Wildman–Crippen LogP) is 2.58. The molecule has 2 aromatic rings. The lowest BCUT2D eigenvalue weighted by Crippen LogP contribution is -2.08. The molecule has 0 amide bonds. The molecule has 2 rings (SSSR count). The van der Waals surface area contributed by atoms with E-state index in [1.807, 2.05) is 0 Å². The van der Waals surface area contributed by atoms with Crippen LogP contribution in [-0.2, 0) is 4.74 Å². The van der Waals surface area contributed by atoms with Crippen LogP contribution in [0.3, 0.4) is 0 Å². The van der Waals surface area contributed by atoms with E-state index in [-0.39, 0.29) is 5.15 Å². The van der Waals surface area contributed by atoms with Gasteiger partial charge in [0, 0.05) is 5.56 Å². The summed E-state index contributed by atoms with van der Waals surface area (Å²) in [5, 5.41) is 17.4. The molecular weight excluding hydrogens is 306 g/mol. The highest BCUT2D eigenvalue weighted by Crippen LogP contribution is 2.31. The van der Waals surface area contributed by atoms with Crippen molar-refractivity contribution in [2.75, 3.05) is 14.2 Å². The quantitative estimate of drug-likeness (QED) is 0.806. The molecule has 0 fully saturated rings. The Kier molecular flexibility index (Phi) is 4.92. The van der Waals surface area contributed by atoms with Gasteiger partial charge in [0.15, 0.2) is 5.15 Å². The maximum atomic E-state index is 11.7. The molecule has 1 heterocycles. The number of nitriles is 1. The Morgan fingerprint density at radius 2 is 2.05 bits per heavy atom. The summed E-state index contributed by atoms with van der Waals surface area (Å²) in [7, 11) is 2.78. The number of aromatic nitrogens is 2. The SMILES string of the molecule is COC(=O)c1ccc(OC)c(C(C#N)c2ccc(Cl)nn2)c1. The Hall–Kier alpha value is -2.65. The Morgan fingerprint density at radius 1 is 1.27 bits per heavy atom. The van der Waals surface area contributed by atoms with Crippen LogP contribution in [0.15, 0.2) is 30.3 Å². The number of rotatable bonds is 4. The molecule has 112 valence electrons. The monoisotopic (exact) mass is 317 g/mol. The molecule has 1 atom stereocenters. The zero-order valence-electron chi connectivity index (χ0n) is 11.9. The molecule has 6 nitrogen and oxygen atoms in total. The number of nitrogens with zero attached hydrogens (tertiary/aromatic N) is 3. The fourth-order valence-electron chi connectivity index (χ4n) is 1.98. The average Bonchev–Trinajstić information content (AvgIpc) is 2.56. The average molecular weight is 318 g/mol. The van der Waals surface area contributed by atoms with Crippen LogP contribution in [-0.4, -0.2) is 30.4 Å². The van der Waals surface area contributed by atoms with E-state index in [1.54, 1.807) is 30.3 Å². The predicted molar refractivity (Wildman–Crippen MR) is 78.8 cm³/mol. The summed E-state index contributed by atoms with van der Waals surface area (Å²) in [5.41, 5.74) is 1.23. The van der Waals surface area contributed by atoms with Gasteiger partial charge in [0.1, 0.15) is 11.7 Å². The van der Waals surface area contributed by atoms with Crippen molar-refractivity contribution in [3.63, 3.8) is 0 Å². The first kappa shape index (κ1) is 15.7. The van der Waals surface area contributed by atoms with Crippen LogP contribution < -0.4 is 4.74 Å². The van der Waals surface area contributed by atoms with Crippen LogP contribution in [0.1, 0.15) is 27.5 Å². The summed E-state index contributed by atoms with van der Waals surface area (Å²) in [6.07, 6.45) is 0. The topological polar surface area (TPSA) is 85.1 Å². The number of halogens is 1. The Labute approximate surface area is 132 Å². The van der Waals surface area contributed by atoms with Crippen molar-refractivity contribution in [3.05, 3.63) is 52.3 Å². The van der Waals surface area contributed by atoms with E-state index in [0.29, 0.717) is 22.6 Å². The second kappa shape index (κ2) is 6.87. The van der Waals surface area contributed by atoms with Crippen molar-refractivity contribution in [3.8, 4) is 11.8 Å². The summed E-state index contributed by atoms with van der Waals surface area (Å²) in [5.74, 6) is -0.775. The Morgan fingerprint density at radius 3 is 2.59 bits per heavy atom. The van der Waals surface area contributed by atoms with Gasteiger partial charge in [-0.1, -0.05) is 11.6 Å². The molecule has 0 aliphatic rings. The second-order valence-electron chi connectivity index (χ2n) is 4.29. The van der Waals surface area contributed by atoms with Gasteiger partial charge in [-0.3, -0.25) is 0 Å². The Bertz CT molecular complexity index is 726. The zero-order chi connectivity index (χ0) is 16.1. The van der Waals surface area contributed by atoms with Crippen molar-refractivity contribution >= 4 is 17.6 Å². The maximum Gasteiger partial charge on any atom is 0.337 e. The van der Waals surface area contributed by atoms with Crippen LogP contribution in [0.4, 0.5) is 0 Å². The number of benzene rings is 1. The summed E-state index contributed by atoms with van der Waals surface area (Å²) in [4.78, 5) is 11.7. The molecular formula is C15H12ClN3O3. The third kappa shape index (κ3) is 3.15. The number of ether oxygens (including phenoxy) is 2. The summed E-state index contributed by atoms with van der Waals surface area (Å²) in [6.45, 7) is 0. The lowest BCUT2D eigenvalue weighted by Gasteiger charge is -2.14. The standard InChI is InChI=1S/C15H12ClN3O3/c1-21-13-5-3-9(15(20)22-2)7-10(13)11(8-17)12-4-6-14(16)19-18-12/h3-7,11H,1-2H3. The first-order chi connectivity index (χ1) is 10.6. The van der Waals surface area contributed by atoms with E-state index in [9.17, 15) is 10.1 Å². The van der Waals surface area contributed by atoms with Crippen molar-refractivity contribution < 1.29 is 14.3 Å². The minimum Gasteiger partial charge on any atom is -0.496 e. The molecule has 22 heavy (non-hydrogen) atoms. The molecule has 0 saturated heterocycles. The van der Waals surface area contributed by atoms with Gasteiger partial charge >= 0.3 is 5.97 Å². The third-order valence-corrected chi connectivity index (χ3v) is 3.24. The number of esters is 1. The lowest BCUT2D eigenvalue weighted by molar-refractivity contribution is 0.0600. The molecule has 0 bridgehead atoms. The van der Waals surface area contributed by atoms with Crippen LogP contribution in [0.2, 0.25) is 5.15 Å². The molecule has 0 N–H and O–H groups in total. The summed E-state index contributed by atoms with van der Waals surface area (Å²) in [6, 6.07) is 10.0. The number of carbonyl (C=O) groups excluding carboxylic acids is 1. The molecule has 0 aliphatic carbocycles. The van der Waals surface area contributed by atoms with Gasteiger partial charge in [-0.05, 0) is 30.3 Å². The number of carbonyl (C=O) groups is 1. The van der Waals surface area contributed by atoms with Gasteiger partial charge in [-0.25, -0.2) is 4.79 Å². The Balaban J connectivity index is 2.53. The van der Waals surface area contributed by atoms with Crippen molar-refractivity contribution in [2.24, 2.45) is 0 Å². The van der Waals surface area contributed by atoms with E-state index in [1.165, 1.54) is 14.2 Å². The third-order valence-electron chi connectivity index (χ3n) is 3.04. The van der Waals surface area contributed by atoms with Gasteiger partial charge in [0.25, 0.3) is 0 Å². The zero-order valence-corrected chi connectivity index (χ0v) is 12.7. The van der Waals surface area contributed by atoms with E-state index in [0.717, 1.165) is 0 Å². The fourth-order valence-corrected chi connectivity index (χ4v) is 2.08. The van der Waals surface area contributed by atoms with Gasteiger partial charge in [0.05, 0.1) is 31.5 Å². The van der Waals surface area contributed by atoms with E-state index in [4.69, 9.17) is 21.1 Å². The largest absolute Gasteiger partial charge is 0.496 e. The summed E-state index contributed by atoms with van der Waals surface area (Å²) >= 11 is 5.71. The summed E-state index contributed by atoms with van der Waals surface area (Å²) < 4.78 is 9.96. The van der Waals surface area contributed by atoms with E-state index in [2.05, 4.69) is 16.3 Å². The highest BCUT2D eigenvalue weighted by molar-refractivity contribution is 6.29. The van der Waals surface area contributed by atoms with Crippen LogP contribution in [0.25, 0.3) is 0 Å². The van der Waals surface area contributed by atoms with Crippen molar-refractivity contribution in [2.45, 2.75) is 5.92 Å². The lowest BCUT2D eigenvalue weighted by atomic mass is 9.94.